The Kier molecular flexibility index (Phi) is 10.8. The van der Waals surface area contributed by atoms with E-state index in [2.05, 4.69) is 0 Å². The zero-order chi connectivity index (χ0) is 25.1. The minimum absolute atomic E-state index is 0.223. The fourth-order valence-corrected chi connectivity index (χ4v) is 6.66. The van der Waals surface area contributed by atoms with E-state index in [1.54, 1.807) is 24.3 Å². The van der Waals surface area contributed by atoms with Crippen LogP contribution in [0.2, 0.25) is 0 Å². The second kappa shape index (κ2) is 13.8. The highest BCUT2D eigenvalue weighted by Crippen LogP contribution is 2.46. The number of sulfone groups is 1. The van der Waals surface area contributed by atoms with E-state index in [1.807, 2.05) is 25.1 Å². The first-order chi connectivity index (χ1) is 16.9. The average molecular weight is 503 g/mol. The Morgan fingerprint density at radius 2 is 1.40 bits per heavy atom. The molecule has 0 unspecified atom stereocenters. The SMILES string of the molecule is CCCCS(=O)(=O)CCCCCCCCCC[C@@H]1c2ccc(O)cc2OC[C@@H]1c1ccc(O)cc1. The first-order valence-electron chi connectivity index (χ1n) is 13.3. The zero-order valence-electron chi connectivity index (χ0n) is 21.1. The quantitative estimate of drug-likeness (QED) is 0.254. The van der Waals surface area contributed by atoms with Crippen molar-refractivity contribution in [1.82, 2.24) is 0 Å². The van der Waals surface area contributed by atoms with Gasteiger partial charge in [-0.25, -0.2) is 8.42 Å². The zero-order valence-corrected chi connectivity index (χ0v) is 21.9. The van der Waals surface area contributed by atoms with Gasteiger partial charge in [0.2, 0.25) is 0 Å². The third-order valence-electron chi connectivity index (χ3n) is 7.15. The Bertz CT molecular complexity index is 1000. The number of hydrogen-bond donors (Lipinski definition) is 2. The van der Waals surface area contributed by atoms with Gasteiger partial charge in [-0.15, -0.1) is 0 Å². The third kappa shape index (κ3) is 8.75. The summed E-state index contributed by atoms with van der Waals surface area (Å²) in [5, 5.41) is 19.6. The minimum Gasteiger partial charge on any atom is -0.508 e. The predicted octanol–water partition coefficient (Wildman–Crippen LogP) is 7.08. The fraction of sp³-hybridized carbons (Fsp3) is 0.586. The molecule has 0 saturated heterocycles. The molecular formula is C29H42O5S. The summed E-state index contributed by atoms with van der Waals surface area (Å²) in [6.07, 6.45) is 11.6. The van der Waals surface area contributed by atoms with Crippen LogP contribution in [0.5, 0.6) is 17.2 Å². The van der Waals surface area contributed by atoms with Crippen LogP contribution in [-0.2, 0) is 9.84 Å². The predicted molar refractivity (Wildman–Crippen MR) is 142 cm³/mol. The van der Waals surface area contributed by atoms with Crippen LogP contribution in [-0.4, -0.2) is 36.7 Å². The van der Waals surface area contributed by atoms with E-state index < -0.39 is 9.84 Å². The molecule has 0 saturated carbocycles. The lowest BCUT2D eigenvalue weighted by atomic mass is 9.77. The van der Waals surface area contributed by atoms with Crippen LogP contribution in [0.3, 0.4) is 0 Å². The van der Waals surface area contributed by atoms with Crippen LogP contribution < -0.4 is 4.74 Å². The number of ether oxygens (including phenoxy) is 1. The maximum absolute atomic E-state index is 11.9. The van der Waals surface area contributed by atoms with Crippen molar-refractivity contribution in [3.8, 4) is 17.2 Å². The molecule has 0 bridgehead atoms. The Morgan fingerprint density at radius 1 is 0.800 bits per heavy atom. The summed E-state index contributed by atoms with van der Waals surface area (Å²) in [6.45, 7) is 2.60. The molecule has 0 spiro atoms. The van der Waals surface area contributed by atoms with Gasteiger partial charge in [0, 0.05) is 12.0 Å². The summed E-state index contributed by atoms with van der Waals surface area (Å²) in [6, 6.07) is 12.9. The average Bonchev–Trinajstić information content (AvgIpc) is 2.84. The van der Waals surface area contributed by atoms with Crippen molar-refractivity contribution in [3.63, 3.8) is 0 Å². The summed E-state index contributed by atoms with van der Waals surface area (Å²) in [4.78, 5) is 0. The van der Waals surface area contributed by atoms with Gasteiger partial charge in [0.05, 0.1) is 18.1 Å². The molecule has 0 aromatic heterocycles. The summed E-state index contributed by atoms with van der Waals surface area (Å²) in [5.74, 6) is 2.51. The molecule has 2 aromatic rings. The lowest BCUT2D eigenvalue weighted by molar-refractivity contribution is 0.230. The van der Waals surface area contributed by atoms with Gasteiger partial charge in [-0.3, -0.25) is 0 Å². The summed E-state index contributed by atoms with van der Waals surface area (Å²) in [5.41, 5.74) is 2.32. The second-order valence-electron chi connectivity index (χ2n) is 9.96. The standard InChI is InChI=1S/C29H42O5S/c1-2-3-19-35(32,33)20-11-9-7-5-4-6-8-10-12-26-27-18-17-25(31)21-29(27)34-22-28(26)23-13-15-24(30)16-14-23/h13-18,21,26,28,30-31H,2-12,19-20,22H2,1H3/t26-,28-/m1/s1. The van der Waals surface area contributed by atoms with Crippen molar-refractivity contribution in [2.24, 2.45) is 0 Å². The summed E-state index contributed by atoms with van der Waals surface area (Å²) >= 11 is 0. The number of rotatable bonds is 15. The van der Waals surface area contributed by atoms with Gasteiger partial charge in [0.1, 0.15) is 27.1 Å². The smallest absolute Gasteiger partial charge is 0.150 e. The number of hydrogen-bond acceptors (Lipinski definition) is 5. The highest BCUT2D eigenvalue weighted by Gasteiger charge is 2.32. The second-order valence-corrected chi connectivity index (χ2v) is 12.3. The molecule has 2 N–H and O–H groups in total. The van der Waals surface area contributed by atoms with Crippen LogP contribution in [0.15, 0.2) is 42.5 Å². The van der Waals surface area contributed by atoms with E-state index in [4.69, 9.17) is 4.74 Å². The molecule has 0 fully saturated rings. The van der Waals surface area contributed by atoms with Crippen molar-refractivity contribution >= 4 is 9.84 Å². The molecule has 0 aliphatic carbocycles. The topological polar surface area (TPSA) is 83.8 Å². The Hall–Kier alpha value is -2.21. The molecule has 1 aliphatic rings. The van der Waals surface area contributed by atoms with E-state index in [1.165, 1.54) is 31.2 Å². The van der Waals surface area contributed by atoms with Gasteiger partial charge < -0.3 is 14.9 Å². The molecule has 0 radical (unpaired) electrons. The van der Waals surface area contributed by atoms with E-state index in [0.29, 0.717) is 24.0 Å². The molecule has 1 aliphatic heterocycles. The number of phenolic OH excluding ortho intramolecular Hbond substituents is 2. The maximum Gasteiger partial charge on any atom is 0.150 e. The molecular weight excluding hydrogens is 460 g/mol. The van der Waals surface area contributed by atoms with Gasteiger partial charge in [0.25, 0.3) is 0 Å². The largest absolute Gasteiger partial charge is 0.508 e. The first-order valence-corrected chi connectivity index (χ1v) is 15.2. The Labute approximate surface area is 211 Å². The number of fused-ring (bicyclic) bond motifs is 1. The lowest BCUT2D eigenvalue weighted by Gasteiger charge is -2.34. The summed E-state index contributed by atoms with van der Waals surface area (Å²) < 4.78 is 29.8. The molecule has 1 heterocycles. The van der Waals surface area contributed by atoms with Gasteiger partial charge in [-0.1, -0.05) is 76.5 Å². The van der Waals surface area contributed by atoms with E-state index in [9.17, 15) is 18.6 Å². The molecule has 5 nitrogen and oxygen atoms in total. The summed E-state index contributed by atoms with van der Waals surface area (Å²) in [7, 11) is -2.84. The maximum atomic E-state index is 11.9. The van der Waals surface area contributed by atoms with Crippen LogP contribution in [0.4, 0.5) is 0 Å². The van der Waals surface area contributed by atoms with Crippen molar-refractivity contribution in [3.05, 3.63) is 53.6 Å². The third-order valence-corrected chi connectivity index (χ3v) is 8.97. The van der Waals surface area contributed by atoms with Crippen molar-refractivity contribution in [2.75, 3.05) is 18.1 Å². The van der Waals surface area contributed by atoms with Crippen molar-refractivity contribution in [2.45, 2.75) is 89.4 Å². The van der Waals surface area contributed by atoms with Crippen LogP contribution in [0.1, 0.15) is 101 Å². The lowest BCUT2D eigenvalue weighted by Crippen LogP contribution is -2.24. The normalized spacial score (nSPS) is 17.6. The van der Waals surface area contributed by atoms with E-state index >= 15 is 0 Å². The van der Waals surface area contributed by atoms with E-state index in [-0.39, 0.29) is 17.4 Å². The van der Waals surface area contributed by atoms with Crippen LogP contribution in [0, 0.1) is 0 Å². The molecule has 2 aromatic carbocycles. The fourth-order valence-electron chi connectivity index (χ4n) is 5.09. The monoisotopic (exact) mass is 502 g/mol. The van der Waals surface area contributed by atoms with Gasteiger partial charge in [-0.05, 0) is 54.5 Å². The first kappa shape index (κ1) is 27.4. The molecule has 6 heteroatoms. The van der Waals surface area contributed by atoms with Gasteiger partial charge >= 0.3 is 0 Å². The van der Waals surface area contributed by atoms with Crippen LogP contribution in [0.25, 0.3) is 0 Å². The molecule has 35 heavy (non-hydrogen) atoms. The minimum atomic E-state index is -2.84. The van der Waals surface area contributed by atoms with Crippen molar-refractivity contribution < 1.29 is 23.4 Å². The van der Waals surface area contributed by atoms with Gasteiger partial charge in [0.15, 0.2) is 0 Å². The number of benzene rings is 2. The number of unbranched alkanes of at least 4 members (excludes halogenated alkanes) is 8. The van der Waals surface area contributed by atoms with Crippen LogP contribution >= 0.6 is 0 Å². The highest BCUT2D eigenvalue weighted by molar-refractivity contribution is 7.91. The van der Waals surface area contributed by atoms with E-state index in [0.717, 1.165) is 56.3 Å². The molecule has 0 amide bonds. The van der Waals surface area contributed by atoms with Crippen molar-refractivity contribution in [1.29, 1.82) is 0 Å². The molecule has 194 valence electrons. The van der Waals surface area contributed by atoms with Gasteiger partial charge in [-0.2, -0.15) is 0 Å². The highest BCUT2D eigenvalue weighted by atomic mass is 32.2. The molecule has 3 rings (SSSR count). The molecule has 2 atom stereocenters. The number of phenols is 2. The Balaban J connectivity index is 1.41. The number of aromatic hydroxyl groups is 2. The Morgan fingerprint density at radius 3 is 2.09 bits per heavy atom.